The third-order valence-electron chi connectivity index (χ3n) is 3.20. The summed E-state index contributed by atoms with van der Waals surface area (Å²) in [5.74, 6) is 0. The van der Waals surface area contributed by atoms with Gasteiger partial charge in [0.1, 0.15) is 5.60 Å². The molecule has 1 aromatic heterocycles. The van der Waals surface area contributed by atoms with Crippen LogP contribution in [0.3, 0.4) is 0 Å². The van der Waals surface area contributed by atoms with Gasteiger partial charge in [-0.1, -0.05) is 6.07 Å². The maximum absolute atomic E-state index is 5.55. The fraction of sp³-hybridized carbons (Fsp3) is 0.615. The molecule has 0 radical (unpaired) electrons. The highest BCUT2D eigenvalue weighted by Crippen LogP contribution is 2.21. The minimum atomic E-state index is -0.149. The molecule has 4 heteroatoms. The van der Waals surface area contributed by atoms with Crippen LogP contribution >= 0.6 is 0 Å². The average molecular weight is 236 g/mol. The average Bonchev–Trinajstić information content (AvgIpc) is 2.79. The van der Waals surface area contributed by atoms with Crippen molar-refractivity contribution >= 4 is 0 Å². The highest BCUT2D eigenvalue weighted by molar-refractivity contribution is 5.09. The Labute approximate surface area is 102 Å². The van der Waals surface area contributed by atoms with Gasteiger partial charge in [-0.25, -0.2) is 0 Å². The fourth-order valence-electron chi connectivity index (χ4n) is 2.08. The van der Waals surface area contributed by atoms with E-state index in [9.17, 15) is 0 Å². The standard InChI is InChI=1S/C13H20N2O2/c1-11-4-3-5-12(15-11)8-14-9-13(16-2)6-7-17-10-13/h3-5,14H,6-10H2,1-2H3. The quantitative estimate of drug-likeness (QED) is 0.836. The number of methoxy groups -OCH3 is 1. The first-order chi connectivity index (χ1) is 8.24. The van der Waals surface area contributed by atoms with E-state index >= 15 is 0 Å². The Balaban J connectivity index is 1.82. The van der Waals surface area contributed by atoms with Gasteiger partial charge in [-0.15, -0.1) is 0 Å². The van der Waals surface area contributed by atoms with Crippen molar-refractivity contribution in [2.75, 3.05) is 26.9 Å². The summed E-state index contributed by atoms with van der Waals surface area (Å²) in [6.45, 7) is 5.05. The lowest BCUT2D eigenvalue weighted by molar-refractivity contribution is -0.0159. The van der Waals surface area contributed by atoms with E-state index in [4.69, 9.17) is 9.47 Å². The molecule has 0 amide bonds. The van der Waals surface area contributed by atoms with Crippen LogP contribution in [-0.2, 0) is 16.0 Å². The van der Waals surface area contributed by atoms with Crippen molar-refractivity contribution in [3.8, 4) is 0 Å². The molecule has 1 fully saturated rings. The molecule has 1 unspecified atom stereocenters. The summed E-state index contributed by atoms with van der Waals surface area (Å²) in [6.07, 6.45) is 0.956. The van der Waals surface area contributed by atoms with E-state index in [1.165, 1.54) is 0 Å². The van der Waals surface area contributed by atoms with Crippen LogP contribution in [0.1, 0.15) is 17.8 Å². The summed E-state index contributed by atoms with van der Waals surface area (Å²) in [5.41, 5.74) is 1.97. The molecule has 0 aromatic carbocycles. The van der Waals surface area contributed by atoms with Gasteiger partial charge in [-0.3, -0.25) is 4.98 Å². The van der Waals surface area contributed by atoms with Crippen LogP contribution in [0, 0.1) is 6.92 Å². The molecule has 1 aliphatic rings. The summed E-state index contributed by atoms with van der Waals surface area (Å²) >= 11 is 0. The smallest absolute Gasteiger partial charge is 0.106 e. The van der Waals surface area contributed by atoms with E-state index < -0.39 is 0 Å². The van der Waals surface area contributed by atoms with Crippen molar-refractivity contribution in [3.63, 3.8) is 0 Å². The summed E-state index contributed by atoms with van der Waals surface area (Å²) in [4.78, 5) is 4.45. The molecule has 0 bridgehead atoms. The van der Waals surface area contributed by atoms with Gasteiger partial charge in [0.05, 0.1) is 12.3 Å². The SMILES string of the molecule is COC1(CNCc2cccc(C)n2)CCOC1. The normalized spacial score (nSPS) is 24.1. The van der Waals surface area contributed by atoms with Crippen LogP contribution in [0.15, 0.2) is 18.2 Å². The first kappa shape index (κ1) is 12.5. The summed E-state index contributed by atoms with van der Waals surface area (Å²) in [5, 5.41) is 3.40. The molecule has 1 atom stereocenters. The van der Waals surface area contributed by atoms with Crippen LogP contribution < -0.4 is 5.32 Å². The number of rotatable bonds is 5. The Morgan fingerprint density at radius 1 is 1.53 bits per heavy atom. The molecular weight excluding hydrogens is 216 g/mol. The van der Waals surface area contributed by atoms with Crippen LogP contribution in [0.2, 0.25) is 0 Å². The molecule has 2 heterocycles. The molecule has 2 rings (SSSR count). The lowest BCUT2D eigenvalue weighted by atomic mass is 10.0. The Kier molecular flexibility index (Phi) is 4.10. The molecule has 1 saturated heterocycles. The van der Waals surface area contributed by atoms with E-state index in [0.717, 1.165) is 37.5 Å². The maximum Gasteiger partial charge on any atom is 0.106 e. The Hall–Kier alpha value is -0.970. The van der Waals surface area contributed by atoms with Gasteiger partial charge in [0, 0.05) is 38.9 Å². The van der Waals surface area contributed by atoms with Gasteiger partial charge >= 0.3 is 0 Å². The van der Waals surface area contributed by atoms with E-state index in [0.29, 0.717) is 6.61 Å². The molecule has 1 N–H and O–H groups in total. The monoisotopic (exact) mass is 236 g/mol. The topological polar surface area (TPSA) is 43.4 Å². The van der Waals surface area contributed by atoms with Crippen LogP contribution in [-0.4, -0.2) is 37.5 Å². The molecule has 0 saturated carbocycles. The van der Waals surface area contributed by atoms with Crippen molar-refractivity contribution < 1.29 is 9.47 Å². The second-order valence-corrected chi connectivity index (χ2v) is 4.56. The Morgan fingerprint density at radius 2 is 2.41 bits per heavy atom. The number of nitrogens with one attached hydrogen (secondary N) is 1. The zero-order valence-electron chi connectivity index (χ0n) is 10.5. The molecule has 17 heavy (non-hydrogen) atoms. The fourth-order valence-corrected chi connectivity index (χ4v) is 2.08. The number of aromatic nitrogens is 1. The summed E-state index contributed by atoms with van der Waals surface area (Å²) < 4.78 is 10.9. The largest absolute Gasteiger partial charge is 0.378 e. The molecule has 0 spiro atoms. The summed E-state index contributed by atoms with van der Waals surface area (Å²) in [6, 6.07) is 6.07. The highest BCUT2D eigenvalue weighted by atomic mass is 16.5. The van der Waals surface area contributed by atoms with Crippen molar-refractivity contribution in [1.82, 2.24) is 10.3 Å². The van der Waals surface area contributed by atoms with E-state index in [1.807, 2.05) is 25.1 Å². The molecular formula is C13H20N2O2. The number of nitrogens with zero attached hydrogens (tertiary/aromatic N) is 1. The third-order valence-corrected chi connectivity index (χ3v) is 3.20. The van der Waals surface area contributed by atoms with Gasteiger partial charge in [0.25, 0.3) is 0 Å². The van der Waals surface area contributed by atoms with Crippen LogP contribution in [0.4, 0.5) is 0 Å². The van der Waals surface area contributed by atoms with Gasteiger partial charge in [-0.2, -0.15) is 0 Å². The van der Waals surface area contributed by atoms with Crippen LogP contribution in [0.5, 0.6) is 0 Å². The molecule has 1 aromatic rings. The highest BCUT2D eigenvalue weighted by Gasteiger charge is 2.34. The minimum Gasteiger partial charge on any atom is -0.378 e. The minimum absolute atomic E-state index is 0.149. The van der Waals surface area contributed by atoms with Crippen molar-refractivity contribution in [2.24, 2.45) is 0 Å². The second-order valence-electron chi connectivity index (χ2n) is 4.56. The summed E-state index contributed by atoms with van der Waals surface area (Å²) in [7, 11) is 1.75. The van der Waals surface area contributed by atoms with Gasteiger partial charge in [0.15, 0.2) is 0 Å². The number of pyridine rings is 1. The van der Waals surface area contributed by atoms with Crippen molar-refractivity contribution in [3.05, 3.63) is 29.6 Å². The number of hydrogen-bond donors (Lipinski definition) is 1. The van der Waals surface area contributed by atoms with E-state index in [-0.39, 0.29) is 5.60 Å². The molecule has 4 nitrogen and oxygen atoms in total. The lowest BCUT2D eigenvalue weighted by Crippen LogP contribution is -2.42. The Bertz CT molecular complexity index is 362. The zero-order valence-corrected chi connectivity index (χ0v) is 10.5. The Morgan fingerprint density at radius 3 is 3.06 bits per heavy atom. The zero-order chi connectivity index (χ0) is 12.1. The number of ether oxygens (including phenoxy) is 2. The predicted octanol–water partition coefficient (Wildman–Crippen LogP) is 1.29. The van der Waals surface area contributed by atoms with E-state index in [2.05, 4.69) is 10.3 Å². The number of hydrogen-bond acceptors (Lipinski definition) is 4. The van der Waals surface area contributed by atoms with Gasteiger partial charge in [-0.05, 0) is 19.1 Å². The van der Waals surface area contributed by atoms with E-state index in [1.54, 1.807) is 7.11 Å². The van der Waals surface area contributed by atoms with Crippen molar-refractivity contribution in [2.45, 2.75) is 25.5 Å². The first-order valence-corrected chi connectivity index (χ1v) is 6.00. The lowest BCUT2D eigenvalue weighted by Gasteiger charge is -2.25. The third kappa shape index (κ3) is 3.25. The van der Waals surface area contributed by atoms with Crippen LogP contribution in [0.25, 0.3) is 0 Å². The predicted molar refractivity (Wildman–Crippen MR) is 65.9 cm³/mol. The van der Waals surface area contributed by atoms with Gasteiger partial charge < -0.3 is 14.8 Å². The first-order valence-electron chi connectivity index (χ1n) is 6.00. The maximum atomic E-state index is 5.55. The molecule has 1 aliphatic heterocycles. The van der Waals surface area contributed by atoms with Crippen molar-refractivity contribution in [1.29, 1.82) is 0 Å². The molecule has 94 valence electrons. The second kappa shape index (κ2) is 5.58. The van der Waals surface area contributed by atoms with Gasteiger partial charge in [0.2, 0.25) is 0 Å². The molecule has 0 aliphatic carbocycles. The number of aryl methyl sites for hydroxylation is 1.